The molecule has 0 aliphatic heterocycles. The monoisotopic (exact) mass is 372 g/mol. The highest BCUT2D eigenvalue weighted by atomic mass is 16.7. The van der Waals surface area contributed by atoms with Gasteiger partial charge in [0.25, 0.3) is 0 Å². The normalized spacial score (nSPS) is 10.6. The van der Waals surface area contributed by atoms with Crippen LogP contribution in [0, 0.1) is 0 Å². The molecule has 2 rings (SSSR count). The molecule has 0 unspecified atom stereocenters. The number of hydrogen-bond acceptors (Lipinski definition) is 6. The largest absolute Gasteiger partial charge is 0.480 e. The summed E-state index contributed by atoms with van der Waals surface area (Å²) in [6.07, 6.45) is 0.917. The number of nitrogens with zero attached hydrogens (tertiary/aromatic N) is 1. The van der Waals surface area contributed by atoms with Crippen LogP contribution in [-0.2, 0) is 25.8 Å². The van der Waals surface area contributed by atoms with Crippen LogP contribution in [0.4, 0.5) is 5.69 Å². The predicted octanol–water partition coefficient (Wildman–Crippen LogP) is 1.50. The minimum atomic E-state index is -1.25. The number of carboxylic acid groups (broad SMARTS) is 2. The molecule has 1 atom stereocenters. The molecule has 0 spiro atoms. The Balaban J connectivity index is 0.000000646. The zero-order chi connectivity index (χ0) is 20.1. The fraction of sp³-hybridized carbons (Fsp3) is 0.158. The van der Waals surface area contributed by atoms with Crippen molar-refractivity contribution in [3.8, 4) is 0 Å². The Morgan fingerprint density at radius 2 is 1.59 bits per heavy atom. The van der Waals surface area contributed by atoms with E-state index in [1.165, 1.54) is 11.0 Å². The van der Waals surface area contributed by atoms with Crippen LogP contribution in [0.15, 0.2) is 66.7 Å². The van der Waals surface area contributed by atoms with E-state index in [1.807, 2.05) is 36.4 Å². The van der Waals surface area contributed by atoms with E-state index in [2.05, 4.69) is 5.73 Å². The summed E-state index contributed by atoms with van der Waals surface area (Å²) in [5.41, 5.74) is 6.00. The molecule has 0 aromatic heterocycles. The Hall–Kier alpha value is -3.45. The van der Waals surface area contributed by atoms with Crippen LogP contribution in [0.1, 0.15) is 5.56 Å². The highest BCUT2D eigenvalue weighted by molar-refractivity contribution is 5.82. The van der Waals surface area contributed by atoms with Crippen molar-refractivity contribution in [2.24, 2.45) is 5.73 Å². The maximum atomic E-state index is 11.4. The third-order valence-electron chi connectivity index (χ3n) is 3.13. The minimum absolute atomic E-state index is 0.187. The number of aliphatic carboxylic acids is 2. The van der Waals surface area contributed by atoms with Crippen molar-refractivity contribution in [2.45, 2.75) is 12.6 Å². The van der Waals surface area contributed by atoms with E-state index in [0.717, 1.165) is 11.6 Å². The van der Waals surface area contributed by atoms with Gasteiger partial charge in [-0.3, -0.25) is 9.63 Å². The van der Waals surface area contributed by atoms with Gasteiger partial charge in [0.2, 0.25) is 0 Å². The molecule has 0 saturated carbocycles. The summed E-state index contributed by atoms with van der Waals surface area (Å²) in [7, 11) is 0. The molecule has 8 heteroatoms. The van der Waals surface area contributed by atoms with Crippen molar-refractivity contribution in [3.05, 3.63) is 72.3 Å². The summed E-state index contributed by atoms with van der Waals surface area (Å²) in [6, 6.07) is 16.9. The number of hydroxylamine groups is 1. The smallest absolute Gasteiger partial charge is 0.333 e. The molecule has 0 heterocycles. The van der Waals surface area contributed by atoms with Gasteiger partial charge in [-0.1, -0.05) is 48.5 Å². The molecule has 0 amide bonds. The number of anilines is 1. The highest BCUT2D eigenvalue weighted by Crippen LogP contribution is 2.19. The number of carbonyl (C=O) groups is 2. The maximum absolute atomic E-state index is 11.4. The lowest BCUT2D eigenvalue weighted by Gasteiger charge is -2.27. The number of nitrogens with two attached hydrogens (primary N) is 1. The first kappa shape index (κ1) is 21.6. The van der Waals surface area contributed by atoms with Gasteiger partial charge < -0.3 is 15.9 Å². The van der Waals surface area contributed by atoms with Crippen LogP contribution in [0.5, 0.6) is 0 Å². The third kappa shape index (κ3) is 7.98. The van der Waals surface area contributed by atoms with Gasteiger partial charge in [-0.15, -0.1) is 0 Å². The van der Waals surface area contributed by atoms with Crippen molar-refractivity contribution in [2.75, 3.05) is 11.6 Å². The van der Waals surface area contributed by atoms with E-state index >= 15 is 0 Å². The van der Waals surface area contributed by atoms with Crippen molar-refractivity contribution in [1.29, 1.82) is 0 Å². The summed E-state index contributed by atoms with van der Waals surface area (Å²) in [5.74, 6) is -0.642. The van der Waals surface area contributed by atoms with Gasteiger partial charge in [-0.05, 0) is 17.7 Å². The molecular formula is C19H20N2O6. The lowest BCUT2D eigenvalue weighted by Crippen LogP contribution is -2.40. The molecule has 0 aliphatic rings. The fourth-order valence-corrected chi connectivity index (χ4v) is 1.91. The van der Waals surface area contributed by atoms with E-state index in [0.29, 0.717) is 5.69 Å². The molecule has 2 aromatic carbocycles. The van der Waals surface area contributed by atoms with Crippen LogP contribution >= 0.6 is 0 Å². The lowest BCUT2D eigenvalue weighted by atomic mass is 10.2. The van der Waals surface area contributed by atoms with Crippen LogP contribution in [0.3, 0.4) is 0 Å². The van der Waals surface area contributed by atoms with E-state index < -0.39 is 18.0 Å². The first-order valence-corrected chi connectivity index (χ1v) is 7.86. The Labute approximate surface area is 156 Å². The molecule has 8 nitrogen and oxygen atoms in total. The number of carboxylic acids is 2. The number of rotatable bonds is 8. The molecule has 0 fully saturated rings. The van der Waals surface area contributed by atoms with Crippen LogP contribution in [0.2, 0.25) is 0 Å². The van der Waals surface area contributed by atoms with E-state index in [4.69, 9.17) is 9.94 Å². The lowest BCUT2D eigenvalue weighted by molar-refractivity contribution is -0.139. The predicted molar refractivity (Wildman–Crippen MR) is 98.5 cm³/mol. The van der Waals surface area contributed by atoms with Crippen LogP contribution in [0.25, 0.3) is 0 Å². The van der Waals surface area contributed by atoms with Crippen LogP contribution in [-0.4, -0.2) is 40.7 Å². The summed E-state index contributed by atoms with van der Waals surface area (Å²) in [5, 5.41) is 18.1. The Kier molecular flexibility index (Phi) is 9.59. The number of hydrogen-bond donors (Lipinski definition) is 3. The Morgan fingerprint density at radius 1 is 1.07 bits per heavy atom. The van der Waals surface area contributed by atoms with E-state index in [-0.39, 0.29) is 13.2 Å². The number of carbonyl (C=O) groups excluding carboxylic acids is 1. The van der Waals surface area contributed by atoms with Gasteiger partial charge >= 0.3 is 11.9 Å². The highest BCUT2D eigenvalue weighted by Gasteiger charge is 2.25. The van der Waals surface area contributed by atoms with Gasteiger partial charge in [0, 0.05) is 6.08 Å². The standard InChI is InChI=1S/C17H15NO4.C2H5NO2/c19-12-11-16(17(20)21)18(15-9-5-2-6-10-15)22-13-14-7-3-1-4-8-14;3-1-2(4)5/h1-11,16H,13H2,(H,20,21);1,3H2,(H,4,5)/t16-;/m0./s1. The minimum Gasteiger partial charge on any atom is -0.480 e. The fourth-order valence-electron chi connectivity index (χ4n) is 1.91. The Bertz CT molecular complexity index is 758. The zero-order valence-electron chi connectivity index (χ0n) is 14.4. The summed E-state index contributed by atoms with van der Waals surface area (Å²) >= 11 is 0. The van der Waals surface area contributed by atoms with Crippen LogP contribution < -0.4 is 10.8 Å². The molecule has 142 valence electrons. The molecule has 4 N–H and O–H groups in total. The summed E-state index contributed by atoms with van der Waals surface area (Å²) in [4.78, 5) is 36.9. The second kappa shape index (κ2) is 12.0. The average molecular weight is 372 g/mol. The van der Waals surface area contributed by atoms with Gasteiger partial charge in [0.05, 0.1) is 18.8 Å². The van der Waals surface area contributed by atoms with E-state index in [9.17, 15) is 19.5 Å². The molecular weight excluding hydrogens is 352 g/mol. The summed E-state index contributed by atoms with van der Waals surface area (Å²) in [6.45, 7) is -0.0911. The SMILES string of the molecule is NCC(=O)O.O=C=C[C@@H](C(=O)O)N(OCc1ccccc1)c1ccccc1. The first-order valence-electron chi connectivity index (χ1n) is 7.86. The van der Waals surface area contributed by atoms with Gasteiger partial charge in [-0.25, -0.2) is 14.7 Å². The molecule has 2 aromatic rings. The zero-order valence-corrected chi connectivity index (χ0v) is 14.4. The molecule has 0 radical (unpaired) electrons. The molecule has 0 saturated heterocycles. The summed E-state index contributed by atoms with van der Waals surface area (Å²) < 4.78 is 0. The topological polar surface area (TPSA) is 130 Å². The maximum Gasteiger partial charge on any atom is 0.333 e. The molecule has 0 aliphatic carbocycles. The van der Waals surface area contributed by atoms with Gasteiger partial charge in [-0.2, -0.15) is 0 Å². The first-order chi connectivity index (χ1) is 13.0. The van der Waals surface area contributed by atoms with Crippen molar-refractivity contribution in [3.63, 3.8) is 0 Å². The van der Waals surface area contributed by atoms with Crippen molar-refractivity contribution < 1.29 is 29.4 Å². The second-order valence-corrected chi connectivity index (χ2v) is 5.09. The number of benzene rings is 2. The third-order valence-corrected chi connectivity index (χ3v) is 3.13. The van der Waals surface area contributed by atoms with Crippen molar-refractivity contribution >= 4 is 23.6 Å². The quantitative estimate of drug-likeness (QED) is 0.469. The Morgan fingerprint density at radius 3 is 2.04 bits per heavy atom. The average Bonchev–Trinajstić information content (AvgIpc) is 2.69. The number of para-hydroxylation sites is 1. The van der Waals surface area contributed by atoms with Crippen molar-refractivity contribution in [1.82, 2.24) is 0 Å². The van der Waals surface area contributed by atoms with Gasteiger partial charge in [0.1, 0.15) is 5.94 Å². The second-order valence-electron chi connectivity index (χ2n) is 5.09. The van der Waals surface area contributed by atoms with Gasteiger partial charge in [0.15, 0.2) is 6.04 Å². The van der Waals surface area contributed by atoms with E-state index in [1.54, 1.807) is 24.3 Å². The molecule has 0 bridgehead atoms. The molecule has 27 heavy (non-hydrogen) atoms.